The standard InChI is InChI=1S/C22H32N4O/c1-15(18-11-9-17(14-23)10-12-18)25-21(27)19-8-7-13-26(19)16(2)20(24-6)22(3,4)5/h9-12,15,19-20,24H,2,7-8,13H2,1,3-6H3,(H,25,27). The monoisotopic (exact) mass is 368 g/mol. The maximum absolute atomic E-state index is 13.0. The number of likely N-dealkylation sites (tertiary alicyclic amines) is 1. The van der Waals surface area contributed by atoms with Crippen LogP contribution in [0.15, 0.2) is 36.5 Å². The van der Waals surface area contributed by atoms with Gasteiger partial charge in [-0.25, -0.2) is 0 Å². The Morgan fingerprint density at radius 1 is 1.33 bits per heavy atom. The molecule has 1 aromatic rings. The molecule has 2 rings (SSSR count). The number of nitrogens with zero attached hydrogens (tertiary/aromatic N) is 2. The van der Waals surface area contributed by atoms with Crippen LogP contribution in [-0.4, -0.2) is 36.5 Å². The molecule has 1 heterocycles. The summed E-state index contributed by atoms with van der Waals surface area (Å²) in [4.78, 5) is 15.1. The average Bonchev–Trinajstić information content (AvgIpc) is 3.11. The Kier molecular flexibility index (Phi) is 6.67. The van der Waals surface area contributed by atoms with Crippen LogP contribution in [0.1, 0.15) is 57.7 Å². The van der Waals surface area contributed by atoms with E-state index in [1.54, 1.807) is 12.1 Å². The molecule has 1 fully saturated rings. The highest BCUT2D eigenvalue weighted by atomic mass is 16.2. The van der Waals surface area contributed by atoms with Gasteiger partial charge in [0, 0.05) is 12.2 Å². The van der Waals surface area contributed by atoms with Crippen LogP contribution < -0.4 is 10.6 Å². The van der Waals surface area contributed by atoms with Gasteiger partial charge in [-0.3, -0.25) is 4.79 Å². The molecule has 5 heteroatoms. The summed E-state index contributed by atoms with van der Waals surface area (Å²) < 4.78 is 0. The van der Waals surface area contributed by atoms with E-state index in [9.17, 15) is 4.79 Å². The van der Waals surface area contributed by atoms with E-state index in [1.165, 1.54) is 0 Å². The van der Waals surface area contributed by atoms with Crippen molar-refractivity contribution in [3.8, 4) is 6.07 Å². The van der Waals surface area contributed by atoms with Gasteiger partial charge in [-0.1, -0.05) is 39.5 Å². The van der Waals surface area contributed by atoms with E-state index in [4.69, 9.17) is 5.26 Å². The van der Waals surface area contributed by atoms with Crippen LogP contribution in [0, 0.1) is 16.7 Å². The number of hydrogen-bond acceptors (Lipinski definition) is 4. The van der Waals surface area contributed by atoms with E-state index in [2.05, 4.69) is 49.0 Å². The van der Waals surface area contributed by atoms with Crippen molar-refractivity contribution in [2.45, 2.75) is 58.7 Å². The fourth-order valence-electron chi connectivity index (χ4n) is 3.89. The zero-order valence-corrected chi connectivity index (χ0v) is 17.2. The summed E-state index contributed by atoms with van der Waals surface area (Å²) >= 11 is 0. The average molecular weight is 369 g/mol. The van der Waals surface area contributed by atoms with E-state index < -0.39 is 0 Å². The molecule has 5 nitrogen and oxygen atoms in total. The molecular weight excluding hydrogens is 336 g/mol. The summed E-state index contributed by atoms with van der Waals surface area (Å²) in [6, 6.07) is 9.29. The van der Waals surface area contributed by atoms with Crippen LogP contribution in [0.4, 0.5) is 0 Å². The molecule has 1 aromatic carbocycles. The van der Waals surface area contributed by atoms with Crippen molar-refractivity contribution in [3.05, 3.63) is 47.7 Å². The Hall–Kier alpha value is -2.32. The van der Waals surface area contributed by atoms with Gasteiger partial charge < -0.3 is 15.5 Å². The number of carbonyl (C=O) groups is 1. The quantitative estimate of drug-likeness (QED) is 0.808. The first-order valence-electron chi connectivity index (χ1n) is 9.62. The van der Waals surface area contributed by atoms with Crippen molar-refractivity contribution in [2.24, 2.45) is 5.41 Å². The third-order valence-electron chi connectivity index (χ3n) is 5.31. The maximum Gasteiger partial charge on any atom is 0.243 e. The van der Waals surface area contributed by atoms with Gasteiger partial charge in [0.1, 0.15) is 6.04 Å². The first-order chi connectivity index (χ1) is 12.7. The maximum atomic E-state index is 13.0. The number of nitrogens with one attached hydrogen (secondary N) is 2. The lowest BCUT2D eigenvalue weighted by molar-refractivity contribution is -0.125. The van der Waals surface area contributed by atoms with Gasteiger partial charge in [0.15, 0.2) is 0 Å². The van der Waals surface area contributed by atoms with Gasteiger partial charge in [0.2, 0.25) is 5.91 Å². The lowest BCUT2D eigenvalue weighted by Crippen LogP contribution is -2.50. The first kappa shape index (κ1) is 21.0. The van der Waals surface area contributed by atoms with E-state index in [-0.39, 0.29) is 29.4 Å². The smallest absolute Gasteiger partial charge is 0.243 e. The fraction of sp³-hybridized carbons (Fsp3) is 0.545. The molecule has 0 bridgehead atoms. The lowest BCUT2D eigenvalue weighted by Gasteiger charge is -2.39. The van der Waals surface area contributed by atoms with Crippen LogP contribution in [0.5, 0.6) is 0 Å². The minimum absolute atomic E-state index is 0.0191. The van der Waals surface area contributed by atoms with Crippen molar-refractivity contribution >= 4 is 5.91 Å². The number of rotatable bonds is 6. The Morgan fingerprint density at radius 3 is 2.48 bits per heavy atom. The molecule has 1 aliphatic heterocycles. The van der Waals surface area contributed by atoms with E-state index in [1.807, 2.05) is 26.1 Å². The number of nitriles is 1. The van der Waals surface area contributed by atoms with Gasteiger partial charge in [-0.15, -0.1) is 0 Å². The summed E-state index contributed by atoms with van der Waals surface area (Å²) in [5.41, 5.74) is 2.61. The summed E-state index contributed by atoms with van der Waals surface area (Å²) in [5, 5.41) is 15.4. The van der Waals surface area contributed by atoms with Crippen molar-refractivity contribution in [1.29, 1.82) is 5.26 Å². The highest BCUT2D eigenvalue weighted by molar-refractivity contribution is 5.82. The number of carbonyl (C=O) groups excluding carboxylic acids is 1. The Bertz CT molecular complexity index is 711. The van der Waals surface area contributed by atoms with Crippen molar-refractivity contribution in [3.63, 3.8) is 0 Å². The highest BCUT2D eigenvalue weighted by Gasteiger charge is 2.37. The molecule has 27 heavy (non-hydrogen) atoms. The fourth-order valence-corrected chi connectivity index (χ4v) is 3.89. The summed E-state index contributed by atoms with van der Waals surface area (Å²) in [7, 11) is 1.94. The second-order valence-electron chi connectivity index (χ2n) is 8.39. The molecule has 146 valence electrons. The van der Waals surface area contributed by atoms with E-state index in [0.29, 0.717) is 5.56 Å². The van der Waals surface area contributed by atoms with Crippen LogP contribution in [0.3, 0.4) is 0 Å². The molecule has 0 aliphatic carbocycles. The first-order valence-corrected chi connectivity index (χ1v) is 9.62. The van der Waals surface area contributed by atoms with E-state index >= 15 is 0 Å². The third-order valence-corrected chi connectivity index (χ3v) is 5.31. The zero-order valence-electron chi connectivity index (χ0n) is 17.2. The van der Waals surface area contributed by atoms with Crippen molar-refractivity contribution in [2.75, 3.05) is 13.6 Å². The van der Waals surface area contributed by atoms with Crippen LogP contribution in [0.2, 0.25) is 0 Å². The number of amides is 1. The minimum Gasteiger partial charge on any atom is -0.362 e. The normalized spacial score (nSPS) is 19.3. The molecule has 0 saturated carbocycles. The van der Waals surface area contributed by atoms with Gasteiger partial charge in [-0.2, -0.15) is 5.26 Å². The van der Waals surface area contributed by atoms with E-state index in [0.717, 1.165) is 30.6 Å². The lowest BCUT2D eigenvalue weighted by atomic mass is 9.84. The molecule has 0 aromatic heterocycles. The molecule has 0 radical (unpaired) electrons. The van der Waals surface area contributed by atoms with Crippen molar-refractivity contribution < 1.29 is 4.79 Å². The zero-order chi connectivity index (χ0) is 20.2. The van der Waals surface area contributed by atoms with Crippen LogP contribution in [-0.2, 0) is 4.79 Å². The minimum atomic E-state index is -0.184. The van der Waals surface area contributed by atoms with Crippen molar-refractivity contribution in [1.82, 2.24) is 15.5 Å². The third kappa shape index (κ3) is 4.90. The molecule has 0 spiro atoms. The summed E-state index contributed by atoms with van der Waals surface area (Å²) in [6.07, 6.45) is 1.83. The topological polar surface area (TPSA) is 68.2 Å². The number of benzene rings is 1. The van der Waals surface area contributed by atoms with Crippen LogP contribution >= 0.6 is 0 Å². The predicted molar refractivity (Wildman–Crippen MR) is 109 cm³/mol. The van der Waals surface area contributed by atoms with Gasteiger partial charge in [-0.05, 0) is 49.9 Å². The molecule has 3 unspecified atom stereocenters. The molecule has 2 N–H and O–H groups in total. The SMILES string of the molecule is C=C(C(NC)C(C)(C)C)N1CCCC1C(=O)NC(C)c1ccc(C#N)cc1. The molecule has 1 saturated heterocycles. The Labute approximate surface area is 163 Å². The number of hydrogen-bond donors (Lipinski definition) is 2. The van der Waals surface area contributed by atoms with Gasteiger partial charge in [0.05, 0.1) is 23.7 Å². The molecular formula is C22H32N4O. The molecule has 1 amide bonds. The molecule has 1 aliphatic rings. The summed E-state index contributed by atoms with van der Waals surface area (Å²) in [5.74, 6) is 0.0364. The Balaban J connectivity index is 2.08. The van der Waals surface area contributed by atoms with Crippen LogP contribution in [0.25, 0.3) is 0 Å². The second kappa shape index (κ2) is 8.58. The molecule has 3 atom stereocenters. The number of likely N-dealkylation sites (N-methyl/N-ethyl adjacent to an activating group) is 1. The highest BCUT2D eigenvalue weighted by Crippen LogP contribution is 2.31. The second-order valence-corrected chi connectivity index (χ2v) is 8.39. The van der Waals surface area contributed by atoms with Gasteiger partial charge in [0.25, 0.3) is 0 Å². The largest absolute Gasteiger partial charge is 0.362 e. The Morgan fingerprint density at radius 2 is 1.96 bits per heavy atom. The van der Waals surface area contributed by atoms with Gasteiger partial charge >= 0.3 is 0 Å². The predicted octanol–water partition coefficient (Wildman–Crippen LogP) is 3.35. The summed E-state index contributed by atoms with van der Waals surface area (Å²) in [6.45, 7) is 13.7.